The highest BCUT2D eigenvalue weighted by molar-refractivity contribution is 5.77. The topological polar surface area (TPSA) is 64.4 Å². The average molecular weight is 188 g/mol. The fourth-order valence-corrected chi connectivity index (χ4v) is 0.746. The molecule has 1 unspecified atom stereocenters. The molecule has 0 rings (SSSR count). The van der Waals surface area contributed by atoms with Crippen LogP contribution in [0.2, 0.25) is 0 Å². The van der Waals surface area contributed by atoms with Crippen molar-refractivity contribution >= 4 is 5.91 Å². The Kier molecular flexibility index (Phi) is 4.95. The Bertz CT molecular complexity index is 159. The SMILES string of the molecule is CCC(CN)C(=O)NOC(C)(C)C. The zero-order valence-corrected chi connectivity index (χ0v) is 8.89. The van der Waals surface area contributed by atoms with Gasteiger partial charge in [-0.1, -0.05) is 6.92 Å². The first-order valence-corrected chi connectivity index (χ1v) is 4.58. The normalized spacial score (nSPS) is 13.9. The van der Waals surface area contributed by atoms with Gasteiger partial charge in [0.05, 0.1) is 11.5 Å². The van der Waals surface area contributed by atoms with Gasteiger partial charge in [0.25, 0.3) is 0 Å². The summed E-state index contributed by atoms with van der Waals surface area (Å²) in [5, 5.41) is 0. The summed E-state index contributed by atoms with van der Waals surface area (Å²) in [6, 6.07) is 0. The lowest BCUT2D eigenvalue weighted by molar-refractivity contribution is -0.149. The van der Waals surface area contributed by atoms with E-state index in [1.165, 1.54) is 0 Å². The van der Waals surface area contributed by atoms with Gasteiger partial charge in [0.1, 0.15) is 0 Å². The monoisotopic (exact) mass is 188 g/mol. The van der Waals surface area contributed by atoms with Crippen molar-refractivity contribution < 1.29 is 9.63 Å². The molecule has 0 saturated carbocycles. The minimum atomic E-state index is -0.359. The number of rotatable bonds is 4. The average Bonchev–Trinajstić information content (AvgIpc) is 2.02. The molecule has 78 valence electrons. The van der Waals surface area contributed by atoms with Crippen LogP contribution in [0.15, 0.2) is 0 Å². The molecule has 0 aromatic heterocycles. The number of amides is 1. The predicted molar refractivity (Wildman–Crippen MR) is 51.8 cm³/mol. The zero-order valence-electron chi connectivity index (χ0n) is 8.89. The molecule has 3 N–H and O–H groups in total. The quantitative estimate of drug-likeness (QED) is 0.642. The van der Waals surface area contributed by atoms with Gasteiger partial charge in [0.2, 0.25) is 5.91 Å². The Labute approximate surface area is 79.8 Å². The van der Waals surface area contributed by atoms with Crippen LogP contribution < -0.4 is 11.2 Å². The number of carbonyl (C=O) groups excluding carboxylic acids is 1. The second-order valence-corrected chi connectivity index (χ2v) is 4.02. The van der Waals surface area contributed by atoms with Crippen molar-refractivity contribution in [3.63, 3.8) is 0 Å². The van der Waals surface area contributed by atoms with Crippen molar-refractivity contribution in [3.8, 4) is 0 Å². The largest absolute Gasteiger partial charge is 0.330 e. The second kappa shape index (κ2) is 5.19. The summed E-state index contributed by atoms with van der Waals surface area (Å²) in [5.41, 5.74) is 7.45. The molecular weight excluding hydrogens is 168 g/mol. The molecule has 0 saturated heterocycles. The maximum atomic E-state index is 11.3. The van der Waals surface area contributed by atoms with Gasteiger partial charge in [-0.25, -0.2) is 5.48 Å². The molecule has 0 aromatic carbocycles. The lowest BCUT2D eigenvalue weighted by Gasteiger charge is -2.21. The minimum absolute atomic E-state index is 0.139. The summed E-state index contributed by atoms with van der Waals surface area (Å²) in [4.78, 5) is 16.5. The van der Waals surface area contributed by atoms with Crippen molar-refractivity contribution in [1.82, 2.24) is 5.48 Å². The van der Waals surface area contributed by atoms with Gasteiger partial charge in [0, 0.05) is 6.54 Å². The third-order valence-electron chi connectivity index (χ3n) is 1.61. The van der Waals surface area contributed by atoms with Gasteiger partial charge in [-0.15, -0.1) is 0 Å². The number of hydroxylamine groups is 1. The smallest absolute Gasteiger partial charge is 0.247 e. The first-order valence-electron chi connectivity index (χ1n) is 4.58. The number of nitrogens with two attached hydrogens (primary N) is 1. The number of hydrogen-bond donors (Lipinski definition) is 2. The third-order valence-corrected chi connectivity index (χ3v) is 1.61. The second-order valence-electron chi connectivity index (χ2n) is 4.02. The predicted octanol–water partition coefficient (Wildman–Crippen LogP) is 0.818. The van der Waals surface area contributed by atoms with Gasteiger partial charge in [0.15, 0.2) is 0 Å². The van der Waals surface area contributed by atoms with E-state index in [4.69, 9.17) is 10.6 Å². The number of hydrogen-bond acceptors (Lipinski definition) is 3. The van der Waals surface area contributed by atoms with Crippen molar-refractivity contribution in [1.29, 1.82) is 0 Å². The lowest BCUT2D eigenvalue weighted by Crippen LogP contribution is -2.39. The molecule has 0 bridgehead atoms. The van der Waals surface area contributed by atoms with E-state index in [1.54, 1.807) is 0 Å². The zero-order chi connectivity index (χ0) is 10.5. The highest BCUT2D eigenvalue weighted by Crippen LogP contribution is 2.05. The summed E-state index contributed by atoms with van der Waals surface area (Å²) in [6.07, 6.45) is 0.732. The Morgan fingerprint density at radius 1 is 1.54 bits per heavy atom. The van der Waals surface area contributed by atoms with Gasteiger partial charge in [-0.3, -0.25) is 9.63 Å². The van der Waals surface area contributed by atoms with E-state index >= 15 is 0 Å². The molecule has 0 spiro atoms. The van der Waals surface area contributed by atoms with E-state index in [0.29, 0.717) is 6.54 Å². The number of carbonyl (C=O) groups is 1. The molecule has 4 nitrogen and oxygen atoms in total. The molecule has 1 amide bonds. The van der Waals surface area contributed by atoms with Crippen LogP contribution in [0.3, 0.4) is 0 Å². The first kappa shape index (κ1) is 12.4. The molecule has 0 aliphatic rings. The summed E-state index contributed by atoms with van der Waals surface area (Å²) >= 11 is 0. The molecule has 0 aliphatic carbocycles. The van der Waals surface area contributed by atoms with Crippen LogP contribution in [0.1, 0.15) is 34.1 Å². The van der Waals surface area contributed by atoms with E-state index in [9.17, 15) is 4.79 Å². The summed E-state index contributed by atoms with van der Waals surface area (Å²) < 4.78 is 0. The van der Waals surface area contributed by atoms with Crippen LogP contribution >= 0.6 is 0 Å². The summed E-state index contributed by atoms with van der Waals surface area (Å²) in [6.45, 7) is 7.90. The maximum absolute atomic E-state index is 11.3. The van der Waals surface area contributed by atoms with E-state index in [1.807, 2.05) is 27.7 Å². The van der Waals surface area contributed by atoms with Gasteiger partial charge in [-0.2, -0.15) is 0 Å². The standard InChI is InChI=1S/C9H20N2O2/c1-5-7(6-10)8(12)11-13-9(2,3)4/h7H,5-6,10H2,1-4H3,(H,11,12). The summed E-state index contributed by atoms with van der Waals surface area (Å²) in [5.74, 6) is -0.290. The van der Waals surface area contributed by atoms with Crippen LogP contribution in [-0.2, 0) is 9.63 Å². The van der Waals surface area contributed by atoms with Crippen molar-refractivity contribution in [3.05, 3.63) is 0 Å². The van der Waals surface area contributed by atoms with E-state index < -0.39 is 0 Å². The Hall–Kier alpha value is -0.610. The summed E-state index contributed by atoms with van der Waals surface area (Å²) in [7, 11) is 0. The third kappa shape index (κ3) is 5.60. The minimum Gasteiger partial charge on any atom is -0.330 e. The number of nitrogens with one attached hydrogen (secondary N) is 1. The van der Waals surface area contributed by atoms with Gasteiger partial charge < -0.3 is 5.73 Å². The Balaban J connectivity index is 3.86. The molecular formula is C9H20N2O2. The highest BCUT2D eigenvalue weighted by Gasteiger charge is 2.17. The van der Waals surface area contributed by atoms with Crippen LogP contribution in [0.25, 0.3) is 0 Å². The van der Waals surface area contributed by atoms with Crippen molar-refractivity contribution in [2.75, 3.05) is 6.54 Å². The molecule has 13 heavy (non-hydrogen) atoms. The molecule has 0 aliphatic heterocycles. The first-order chi connectivity index (χ1) is 5.90. The molecule has 4 heteroatoms. The van der Waals surface area contributed by atoms with Crippen LogP contribution in [0.4, 0.5) is 0 Å². The lowest BCUT2D eigenvalue weighted by atomic mass is 10.1. The van der Waals surface area contributed by atoms with Crippen molar-refractivity contribution in [2.24, 2.45) is 11.7 Å². The van der Waals surface area contributed by atoms with Crippen LogP contribution in [0, 0.1) is 5.92 Å². The highest BCUT2D eigenvalue weighted by atomic mass is 16.7. The maximum Gasteiger partial charge on any atom is 0.247 e. The molecule has 1 atom stereocenters. The Morgan fingerprint density at radius 2 is 2.08 bits per heavy atom. The van der Waals surface area contributed by atoms with Crippen LogP contribution in [-0.4, -0.2) is 18.1 Å². The van der Waals surface area contributed by atoms with E-state index in [2.05, 4.69) is 5.48 Å². The van der Waals surface area contributed by atoms with Crippen LogP contribution in [0.5, 0.6) is 0 Å². The van der Waals surface area contributed by atoms with Gasteiger partial charge >= 0.3 is 0 Å². The van der Waals surface area contributed by atoms with Crippen molar-refractivity contribution in [2.45, 2.75) is 39.7 Å². The molecule has 0 heterocycles. The van der Waals surface area contributed by atoms with E-state index in [-0.39, 0.29) is 17.4 Å². The fourth-order valence-electron chi connectivity index (χ4n) is 0.746. The van der Waals surface area contributed by atoms with E-state index in [0.717, 1.165) is 6.42 Å². The van der Waals surface area contributed by atoms with Gasteiger partial charge in [-0.05, 0) is 27.2 Å². The Morgan fingerprint density at radius 3 is 2.38 bits per heavy atom. The molecule has 0 fully saturated rings. The molecule has 0 radical (unpaired) electrons. The molecule has 0 aromatic rings. The fraction of sp³-hybridized carbons (Fsp3) is 0.889.